The van der Waals surface area contributed by atoms with Crippen molar-refractivity contribution in [1.29, 1.82) is 0 Å². The molecule has 0 spiro atoms. The molecule has 0 bridgehead atoms. The van der Waals surface area contributed by atoms with E-state index in [-0.39, 0.29) is 40.6 Å². The Hall–Kier alpha value is -3.60. The van der Waals surface area contributed by atoms with Gasteiger partial charge in [0.1, 0.15) is 36.7 Å². The zero-order valence-corrected chi connectivity index (χ0v) is 25.8. The van der Waals surface area contributed by atoms with E-state index in [2.05, 4.69) is 29.9 Å². The quantitative estimate of drug-likeness (QED) is 0.121. The smallest absolute Gasteiger partial charge is 0.386 e. The van der Waals surface area contributed by atoms with E-state index in [1.165, 1.54) is 10.9 Å². The van der Waals surface area contributed by atoms with Crippen LogP contribution in [0.1, 0.15) is 25.8 Å². The lowest BCUT2D eigenvalue weighted by Crippen LogP contribution is -2.38. The maximum absolute atomic E-state index is 13.3. The zero-order valence-electron chi connectivity index (χ0n) is 24.1. The normalized spacial score (nSPS) is 36.6. The van der Waals surface area contributed by atoms with Gasteiger partial charge in [0, 0.05) is 5.92 Å². The van der Waals surface area contributed by atoms with Crippen molar-refractivity contribution < 1.29 is 51.6 Å². The Morgan fingerprint density at radius 1 is 0.851 bits per heavy atom. The molecule has 25 heteroatoms. The van der Waals surface area contributed by atoms with E-state index >= 15 is 0 Å². The van der Waals surface area contributed by atoms with Gasteiger partial charge >= 0.3 is 15.6 Å². The van der Waals surface area contributed by atoms with Gasteiger partial charge in [-0.3, -0.25) is 46.8 Å². The van der Waals surface area contributed by atoms with E-state index in [4.69, 9.17) is 39.0 Å². The molecular formula is C22H28N10O13P2. The molecule has 3 fully saturated rings. The molecule has 23 nitrogen and oxygen atoms in total. The highest BCUT2D eigenvalue weighted by Gasteiger charge is 2.53. The summed E-state index contributed by atoms with van der Waals surface area (Å²) in [6.45, 7) is 0.241. The van der Waals surface area contributed by atoms with Crippen molar-refractivity contribution >= 4 is 49.9 Å². The third-order valence-electron chi connectivity index (χ3n) is 8.01. The predicted molar refractivity (Wildman–Crippen MR) is 154 cm³/mol. The number of phosphoric ester groups is 2. The van der Waals surface area contributed by atoms with Crippen LogP contribution in [0.2, 0.25) is 0 Å². The van der Waals surface area contributed by atoms with Gasteiger partial charge in [0.15, 0.2) is 28.6 Å². The van der Waals surface area contributed by atoms with Gasteiger partial charge in [0.2, 0.25) is 11.9 Å². The molecule has 0 saturated carbocycles. The Morgan fingerprint density at radius 3 is 1.85 bits per heavy atom. The fourth-order valence-electron chi connectivity index (χ4n) is 5.96. The highest BCUT2D eigenvalue weighted by Crippen LogP contribution is 2.55. The lowest BCUT2D eigenvalue weighted by molar-refractivity contribution is -0.0663. The predicted octanol–water partition coefficient (Wildman–Crippen LogP) is -1.38. The van der Waals surface area contributed by atoms with Crippen LogP contribution in [-0.4, -0.2) is 97.7 Å². The van der Waals surface area contributed by atoms with Crippen molar-refractivity contribution in [2.45, 2.75) is 56.3 Å². The molecule has 4 unspecified atom stereocenters. The number of aliphatic hydroxyl groups is 1. The standard InChI is InChI=1S/C22H28N10O13P2/c1-2-7-13-8(42-19(7)31-5-25-10-15(31)27-21(23)29-17(10)34)3-40-47(38,39)45-14-9(4-41-46(36,37)44-13)43-20(12(14)33)32-6-26-11-16(32)28-22(24)30-18(11)35/h5-9,12-14,19-20,33H,2-4H2,1H3,(H,36,37)(H,38,39)(H3,23,27,29,34)(H3,24,28,30,35)/t7-,8+,9+,12-,13?,14?,19+,20+/m0/s1. The van der Waals surface area contributed by atoms with E-state index < -0.39 is 88.9 Å². The summed E-state index contributed by atoms with van der Waals surface area (Å²) in [4.78, 5) is 66.9. The van der Waals surface area contributed by atoms with Gasteiger partial charge < -0.3 is 35.8 Å². The van der Waals surface area contributed by atoms with E-state index in [0.717, 1.165) is 10.9 Å². The first-order valence-electron chi connectivity index (χ1n) is 14.0. The van der Waals surface area contributed by atoms with Crippen molar-refractivity contribution in [3.8, 4) is 0 Å². The molecule has 3 aliphatic rings. The van der Waals surface area contributed by atoms with Crippen molar-refractivity contribution in [2.24, 2.45) is 5.92 Å². The average Bonchev–Trinajstić information content (AvgIpc) is 3.75. The number of imidazole rings is 2. The van der Waals surface area contributed by atoms with Crippen molar-refractivity contribution in [3.05, 3.63) is 33.4 Å². The average molecular weight is 702 g/mol. The SMILES string of the molecule is CC[C@H]1C2OP(=O)(O)OC[C@H]3O[C@@H](n4cnc5c(=O)[nH]c(N)nc54)[C@@H](O)C3OP(=O)(O)OC[C@H]2O[C@H]1n1cnc2c(=O)[nH]c(N)nc21. The molecule has 47 heavy (non-hydrogen) atoms. The highest BCUT2D eigenvalue weighted by atomic mass is 31.2. The molecule has 0 radical (unpaired) electrons. The van der Waals surface area contributed by atoms with Gasteiger partial charge in [-0.05, 0) is 6.42 Å². The third-order valence-corrected chi connectivity index (χ3v) is 9.98. The van der Waals surface area contributed by atoms with E-state index in [0.29, 0.717) is 0 Å². The molecular weight excluding hydrogens is 674 g/mol. The fraction of sp³-hybridized carbons (Fsp3) is 0.545. The number of nitrogens with one attached hydrogen (secondary N) is 2. The number of fused-ring (bicyclic) bond motifs is 4. The summed E-state index contributed by atoms with van der Waals surface area (Å²) in [5.41, 5.74) is 9.85. The van der Waals surface area contributed by atoms with Crippen molar-refractivity contribution in [3.63, 3.8) is 0 Å². The van der Waals surface area contributed by atoms with E-state index in [1.54, 1.807) is 6.92 Å². The second kappa shape index (κ2) is 11.5. The molecule has 0 aliphatic carbocycles. The monoisotopic (exact) mass is 702 g/mol. The molecule has 0 amide bonds. The number of ether oxygens (including phenoxy) is 2. The highest BCUT2D eigenvalue weighted by molar-refractivity contribution is 7.47. The van der Waals surface area contributed by atoms with Crippen LogP contribution in [0.3, 0.4) is 0 Å². The summed E-state index contributed by atoms with van der Waals surface area (Å²) >= 11 is 0. The number of hydrogen-bond acceptors (Lipinski definition) is 17. The first-order chi connectivity index (χ1) is 22.2. The largest absolute Gasteiger partial charge is 0.472 e. The number of hydrogen-bond donors (Lipinski definition) is 7. The molecule has 3 aliphatic heterocycles. The van der Waals surface area contributed by atoms with Crippen LogP contribution >= 0.6 is 15.6 Å². The summed E-state index contributed by atoms with van der Waals surface area (Å²) < 4.78 is 62.4. The molecule has 7 rings (SSSR count). The summed E-state index contributed by atoms with van der Waals surface area (Å²) in [6, 6.07) is 0. The molecule has 4 aromatic rings. The molecule has 0 aromatic carbocycles. The second-order valence-electron chi connectivity index (χ2n) is 10.9. The Balaban J connectivity index is 1.19. The maximum atomic E-state index is 13.3. The van der Waals surface area contributed by atoms with Crippen LogP contribution in [0, 0.1) is 5.92 Å². The van der Waals surface area contributed by atoms with E-state index in [1.807, 2.05) is 0 Å². The fourth-order valence-corrected chi connectivity index (χ4v) is 7.92. The lowest BCUT2D eigenvalue weighted by atomic mass is 9.97. The topological polar surface area (TPSA) is 329 Å². The van der Waals surface area contributed by atoms with Crippen molar-refractivity contribution in [2.75, 3.05) is 24.7 Å². The zero-order chi connectivity index (χ0) is 33.4. The van der Waals surface area contributed by atoms with Gasteiger partial charge in [-0.15, -0.1) is 0 Å². The van der Waals surface area contributed by atoms with Crippen LogP contribution in [0.5, 0.6) is 0 Å². The Bertz CT molecular complexity index is 2070. The first-order valence-corrected chi connectivity index (χ1v) is 17.0. The van der Waals surface area contributed by atoms with E-state index in [9.17, 15) is 33.6 Å². The maximum Gasteiger partial charge on any atom is 0.472 e. The Kier molecular flexibility index (Phi) is 7.84. The molecule has 3 saturated heterocycles. The summed E-state index contributed by atoms with van der Waals surface area (Å²) in [6.07, 6.45) is -7.26. The Labute approximate surface area is 261 Å². The van der Waals surface area contributed by atoms with Crippen LogP contribution in [-0.2, 0) is 36.7 Å². The number of aliphatic hydroxyl groups excluding tert-OH is 1. The lowest BCUT2D eigenvalue weighted by Gasteiger charge is -2.28. The number of nitrogens with two attached hydrogens (primary N) is 2. The van der Waals surface area contributed by atoms with Crippen LogP contribution in [0.25, 0.3) is 22.3 Å². The van der Waals surface area contributed by atoms with Crippen LogP contribution in [0.15, 0.2) is 22.2 Å². The number of H-pyrrole nitrogens is 2. The van der Waals surface area contributed by atoms with Crippen LogP contribution < -0.4 is 22.6 Å². The van der Waals surface area contributed by atoms with Gasteiger partial charge in [-0.1, -0.05) is 6.92 Å². The molecule has 4 aromatic heterocycles. The summed E-state index contributed by atoms with van der Waals surface area (Å²) in [5, 5.41) is 11.2. The van der Waals surface area contributed by atoms with Gasteiger partial charge in [0.25, 0.3) is 11.1 Å². The Morgan fingerprint density at radius 2 is 1.32 bits per heavy atom. The number of rotatable bonds is 3. The third kappa shape index (κ3) is 5.68. The minimum absolute atomic E-state index is 0.0502. The number of nitrogens with zero attached hydrogens (tertiary/aromatic N) is 6. The molecule has 254 valence electrons. The summed E-state index contributed by atoms with van der Waals surface area (Å²) in [5.74, 6) is -1.20. The number of anilines is 2. The molecule has 9 N–H and O–H groups in total. The van der Waals surface area contributed by atoms with Crippen molar-refractivity contribution in [1.82, 2.24) is 39.0 Å². The number of aromatic amines is 2. The minimum Gasteiger partial charge on any atom is -0.386 e. The van der Waals surface area contributed by atoms with Gasteiger partial charge in [-0.25, -0.2) is 19.1 Å². The number of nitrogen functional groups attached to an aromatic ring is 2. The minimum atomic E-state index is -5.03. The van der Waals surface area contributed by atoms with Gasteiger partial charge in [-0.2, -0.15) is 9.97 Å². The number of phosphoric acid groups is 2. The number of aromatic nitrogens is 8. The molecule has 7 heterocycles. The van der Waals surface area contributed by atoms with Crippen LogP contribution in [0.4, 0.5) is 11.9 Å². The molecule has 10 atom stereocenters. The summed E-state index contributed by atoms with van der Waals surface area (Å²) in [7, 11) is -9.98. The first kappa shape index (κ1) is 32.0. The van der Waals surface area contributed by atoms with Gasteiger partial charge in [0.05, 0.1) is 25.9 Å². The second-order valence-corrected chi connectivity index (χ2v) is 13.7.